The highest BCUT2D eigenvalue weighted by molar-refractivity contribution is 7.91. The summed E-state index contributed by atoms with van der Waals surface area (Å²) in [5, 5.41) is 2.55. The number of sulfonamides is 1. The molecule has 0 radical (unpaired) electrons. The highest BCUT2D eigenvalue weighted by Gasteiger charge is 2.28. The van der Waals surface area contributed by atoms with E-state index in [9.17, 15) is 8.42 Å². The van der Waals surface area contributed by atoms with Gasteiger partial charge in [-0.05, 0) is 35.6 Å². The van der Waals surface area contributed by atoms with Crippen LogP contribution in [0.25, 0.3) is 0 Å². The molecule has 23 heavy (non-hydrogen) atoms. The van der Waals surface area contributed by atoms with Crippen molar-refractivity contribution in [2.24, 2.45) is 0 Å². The van der Waals surface area contributed by atoms with Gasteiger partial charge >= 0.3 is 0 Å². The molecule has 1 aliphatic rings. The molecule has 0 spiro atoms. The third-order valence-electron chi connectivity index (χ3n) is 4.05. The molecule has 1 fully saturated rings. The highest BCUT2D eigenvalue weighted by Crippen LogP contribution is 2.22. The van der Waals surface area contributed by atoms with Crippen molar-refractivity contribution in [2.75, 3.05) is 32.7 Å². The quantitative estimate of drug-likeness (QED) is 0.812. The van der Waals surface area contributed by atoms with Gasteiger partial charge in [-0.1, -0.05) is 29.8 Å². The average molecular weight is 371 g/mol. The standard InChI is InChI=1S/C16H19ClN2O2S2/c17-15-5-3-14(4-6-15)7-8-18-9-11-19(12-10-18)23(20,21)16-2-1-13-22-16/h1-6,13H,7-12H2. The molecule has 1 saturated heterocycles. The van der Waals surface area contributed by atoms with Crippen molar-refractivity contribution >= 4 is 33.0 Å². The molecule has 124 valence electrons. The summed E-state index contributed by atoms with van der Waals surface area (Å²) < 4.78 is 27.0. The Morgan fingerprint density at radius 3 is 2.35 bits per heavy atom. The van der Waals surface area contributed by atoms with E-state index in [-0.39, 0.29) is 0 Å². The van der Waals surface area contributed by atoms with Crippen molar-refractivity contribution in [1.82, 2.24) is 9.21 Å². The first-order valence-electron chi connectivity index (χ1n) is 7.56. The van der Waals surface area contributed by atoms with Crippen LogP contribution in [0, 0.1) is 0 Å². The third-order valence-corrected chi connectivity index (χ3v) is 7.57. The summed E-state index contributed by atoms with van der Waals surface area (Å²) in [6.07, 6.45) is 0.953. The topological polar surface area (TPSA) is 40.6 Å². The molecule has 3 rings (SSSR count). The van der Waals surface area contributed by atoms with Gasteiger partial charge in [0.05, 0.1) is 0 Å². The van der Waals surface area contributed by atoms with E-state index in [1.54, 1.807) is 21.8 Å². The first kappa shape index (κ1) is 16.9. The van der Waals surface area contributed by atoms with Gasteiger partial charge < -0.3 is 4.90 Å². The van der Waals surface area contributed by atoms with Crippen molar-refractivity contribution < 1.29 is 8.42 Å². The second-order valence-corrected chi connectivity index (χ2v) is 9.10. The van der Waals surface area contributed by atoms with Crippen molar-refractivity contribution in [3.8, 4) is 0 Å². The lowest BCUT2D eigenvalue weighted by molar-refractivity contribution is 0.190. The molecule has 1 aromatic carbocycles. The lowest BCUT2D eigenvalue weighted by Gasteiger charge is -2.33. The minimum absolute atomic E-state index is 0.437. The van der Waals surface area contributed by atoms with Crippen LogP contribution in [-0.2, 0) is 16.4 Å². The lowest BCUT2D eigenvalue weighted by atomic mass is 10.1. The summed E-state index contributed by atoms with van der Waals surface area (Å²) in [4.78, 5) is 2.31. The first-order valence-corrected chi connectivity index (χ1v) is 10.3. The zero-order valence-corrected chi connectivity index (χ0v) is 15.1. The lowest BCUT2D eigenvalue weighted by Crippen LogP contribution is -2.48. The van der Waals surface area contributed by atoms with Gasteiger partial charge in [-0.25, -0.2) is 8.42 Å². The van der Waals surface area contributed by atoms with E-state index >= 15 is 0 Å². The molecular formula is C16H19ClN2O2S2. The summed E-state index contributed by atoms with van der Waals surface area (Å²) in [7, 11) is -3.30. The Hall–Kier alpha value is -0.920. The zero-order chi connectivity index (χ0) is 16.3. The van der Waals surface area contributed by atoms with E-state index in [2.05, 4.69) is 4.90 Å². The van der Waals surface area contributed by atoms with Crippen LogP contribution >= 0.6 is 22.9 Å². The monoisotopic (exact) mass is 370 g/mol. The number of hydrogen-bond donors (Lipinski definition) is 0. The van der Waals surface area contributed by atoms with E-state index in [1.807, 2.05) is 24.3 Å². The van der Waals surface area contributed by atoms with E-state index in [4.69, 9.17) is 11.6 Å². The van der Waals surface area contributed by atoms with Gasteiger partial charge in [-0.2, -0.15) is 4.31 Å². The molecule has 0 bridgehead atoms. The van der Waals surface area contributed by atoms with E-state index < -0.39 is 10.0 Å². The number of halogens is 1. The summed E-state index contributed by atoms with van der Waals surface area (Å²) in [6.45, 7) is 3.60. The number of piperazine rings is 1. The Balaban J connectivity index is 1.51. The summed E-state index contributed by atoms with van der Waals surface area (Å²) in [5.41, 5.74) is 1.25. The van der Waals surface area contributed by atoms with Gasteiger partial charge in [0, 0.05) is 37.7 Å². The minimum atomic E-state index is -3.30. The van der Waals surface area contributed by atoms with E-state index in [0.29, 0.717) is 17.3 Å². The fourth-order valence-electron chi connectivity index (χ4n) is 2.67. The maximum Gasteiger partial charge on any atom is 0.252 e. The van der Waals surface area contributed by atoms with Crippen LogP contribution in [0.4, 0.5) is 0 Å². The van der Waals surface area contributed by atoms with Crippen molar-refractivity contribution in [3.63, 3.8) is 0 Å². The minimum Gasteiger partial charge on any atom is -0.300 e. The number of thiophene rings is 1. The average Bonchev–Trinajstić information content (AvgIpc) is 3.10. The molecule has 7 heteroatoms. The summed E-state index contributed by atoms with van der Waals surface area (Å²) in [5.74, 6) is 0. The molecule has 0 aliphatic carbocycles. The van der Waals surface area contributed by atoms with Crippen molar-refractivity contribution in [3.05, 3.63) is 52.4 Å². The SMILES string of the molecule is O=S(=O)(c1cccs1)N1CCN(CCc2ccc(Cl)cc2)CC1. The van der Waals surface area contributed by atoms with Gasteiger partial charge in [0.2, 0.25) is 0 Å². The van der Waals surface area contributed by atoms with Gasteiger partial charge in [0.25, 0.3) is 10.0 Å². The van der Waals surface area contributed by atoms with Crippen LogP contribution in [0.3, 0.4) is 0 Å². The number of nitrogens with zero attached hydrogens (tertiary/aromatic N) is 2. The molecule has 4 nitrogen and oxygen atoms in total. The second kappa shape index (κ2) is 7.32. The smallest absolute Gasteiger partial charge is 0.252 e. The van der Waals surface area contributed by atoms with Crippen LogP contribution in [0.5, 0.6) is 0 Å². The molecule has 2 aromatic rings. The Labute approximate surface area is 146 Å². The molecular weight excluding hydrogens is 352 g/mol. The maximum atomic E-state index is 12.5. The fourth-order valence-corrected chi connectivity index (χ4v) is 5.36. The normalized spacial score (nSPS) is 17.4. The van der Waals surface area contributed by atoms with E-state index in [0.717, 1.165) is 31.1 Å². The molecule has 0 atom stereocenters. The molecule has 2 heterocycles. The van der Waals surface area contributed by atoms with Crippen LogP contribution in [0.1, 0.15) is 5.56 Å². The predicted molar refractivity (Wildman–Crippen MR) is 94.7 cm³/mol. The van der Waals surface area contributed by atoms with Crippen LogP contribution in [0.2, 0.25) is 5.02 Å². The Morgan fingerprint density at radius 1 is 1.04 bits per heavy atom. The van der Waals surface area contributed by atoms with Gasteiger partial charge in [-0.15, -0.1) is 11.3 Å². The fraction of sp³-hybridized carbons (Fsp3) is 0.375. The Kier molecular flexibility index (Phi) is 5.38. The predicted octanol–water partition coefficient (Wildman–Crippen LogP) is 2.95. The summed E-state index contributed by atoms with van der Waals surface area (Å²) >= 11 is 7.17. The number of benzene rings is 1. The molecule has 0 amide bonds. The largest absolute Gasteiger partial charge is 0.300 e. The Bertz CT molecular complexity index is 722. The highest BCUT2D eigenvalue weighted by atomic mass is 35.5. The van der Waals surface area contributed by atoms with Crippen molar-refractivity contribution in [1.29, 1.82) is 0 Å². The molecule has 0 saturated carbocycles. The van der Waals surface area contributed by atoms with Gasteiger partial charge in [-0.3, -0.25) is 0 Å². The second-order valence-electron chi connectivity index (χ2n) is 5.55. The van der Waals surface area contributed by atoms with Gasteiger partial charge in [0.15, 0.2) is 0 Å². The van der Waals surface area contributed by atoms with Crippen LogP contribution < -0.4 is 0 Å². The van der Waals surface area contributed by atoms with Gasteiger partial charge in [0.1, 0.15) is 4.21 Å². The molecule has 0 unspecified atom stereocenters. The molecule has 1 aliphatic heterocycles. The molecule has 0 N–H and O–H groups in total. The maximum absolute atomic E-state index is 12.5. The number of rotatable bonds is 5. The molecule has 1 aromatic heterocycles. The van der Waals surface area contributed by atoms with Crippen LogP contribution in [-0.4, -0.2) is 50.3 Å². The zero-order valence-electron chi connectivity index (χ0n) is 12.7. The van der Waals surface area contributed by atoms with Crippen molar-refractivity contribution in [2.45, 2.75) is 10.6 Å². The summed E-state index contributed by atoms with van der Waals surface area (Å²) in [6, 6.07) is 11.3. The first-order chi connectivity index (χ1) is 11.1. The third kappa shape index (κ3) is 4.14. The number of hydrogen-bond acceptors (Lipinski definition) is 4. The Morgan fingerprint density at radius 2 is 1.74 bits per heavy atom. The van der Waals surface area contributed by atoms with E-state index in [1.165, 1.54) is 16.9 Å². The van der Waals surface area contributed by atoms with Crippen LogP contribution in [0.15, 0.2) is 46.0 Å².